The number of para-hydroxylation sites is 2. The van der Waals surface area contributed by atoms with Gasteiger partial charge < -0.3 is 25.3 Å². The number of primary amides is 1. The van der Waals surface area contributed by atoms with Crippen molar-refractivity contribution in [3.8, 4) is 0 Å². The van der Waals surface area contributed by atoms with Crippen LogP contribution in [0.5, 0.6) is 0 Å². The highest BCUT2D eigenvalue weighted by atomic mass is 16.3. The lowest BCUT2D eigenvalue weighted by molar-refractivity contribution is -0.133. The van der Waals surface area contributed by atoms with Crippen molar-refractivity contribution >= 4 is 29.0 Å². The van der Waals surface area contributed by atoms with Crippen molar-refractivity contribution in [1.82, 2.24) is 4.90 Å². The average molecular weight is 491 g/mol. The summed E-state index contributed by atoms with van der Waals surface area (Å²) in [5.41, 5.74) is 8.58. The van der Waals surface area contributed by atoms with Crippen LogP contribution in [0.25, 0.3) is 0 Å². The molecule has 2 aromatic rings. The molecular weight excluding hydrogens is 456 g/mol. The number of aryl methyl sites for hydroxylation is 1. The molecule has 3 N–H and O–H groups in total. The number of fused-ring (bicyclic) bond motifs is 1. The van der Waals surface area contributed by atoms with Gasteiger partial charge in [0.2, 0.25) is 11.8 Å². The average Bonchev–Trinajstić information content (AvgIpc) is 3.20. The number of likely N-dealkylation sites (tertiary alicyclic amines) is 1. The zero-order chi connectivity index (χ0) is 25.6. The van der Waals surface area contributed by atoms with Gasteiger partial charge in [-0.2, -0.15) is 0 Å². The predicted molar refractivity (Wildman–Crippen MR) is 137 cm³/mol. The van der Waals surface area contributed by atoms with Crippen LogP contribution in [0.4, 0.5) is 11.4 Å². The van der Waals surface area contributed by atoms with E-state index in [1.807, 2.05) is 48.2 Å². The molecule has 0 saturated carbocycles. The number of benzene rings is 1. The van der Waals surface area contributed by atoms with Gasteiger partial charge in [-0.15, -0.1) is 0 Å². The Morgan fingerprint density at radius 2 is 1.83 bits per heavy atom. The van der Waals surface area contributed by atoms with Crippen LogP contribution >= 0.6 is 0 Å². The van der Waals surface area contributed by atoms with Crippen molar-refractivity contribution in [1.29, 1.82) is 0 Å². The van der Waals surface area contributed by atoms with Gasteiger partial charge in [-0.3, -0.25) is 14.4 Å². The molecule has 1 aliphatic carbocycles. The minimum atomic E-state index is -0.527. The molecule has 1 saturated heterocycles. The zero-order valence-corrected chi connectivity index (χ0v) is 21.2. The first-order valence-corrected chi connectivity index (χ1v) is 12.7. The Bertz CT molecular complexity index is 1240. The van der Waals surface area contributed by atoms with Crippen LogP contribution in [0, 0.1) is 18.3 Å². The topological polar surface area (TPSA) is 109 Å². The minimum absolute atomic E-state index is 0.0476. The minimum Gasteiger partial charge on any atom is -0.464 e. The first-order chi connectivity index (χ1) is 17.1. The van der Waals surface area contributed by atoms with E-state index in [4.69, 9.17) is 10.2 Å². The number of nitrogens with two attached hydrogens (primary N) is 1. The highest BCUT2D eigenvalue weighted by Gasteiger charge is 2.43. The summed E-state index contributed by atoms with van der Waals surface area (Å²) >= 11 is 0. The fourth-order valence-corrected chi connectivity index (χ4v) is 5.78. The number of carbonyl (C=O) groups excluding carboxylic acids is 3. The molecule has 3 heterocycles. The van der Waals surface area contributed by atoms with Gasteiger partial charge in [0.15, 0.2) is 5.78 Å². The maximum atomic E-state index is 13.7. The van der Waals surface area contributed by atoms with E-state index in [0.29, 0.717) is 43.7 Å². The first kappa shape index (κ1) is 24.2. The number of allylic oxidation sites excluding steroid dienone is 1. The highest BCUT2D eigenvalue weighted by molar-refractivity contribution is 6.01. The molecule has 1 unspecified atom stereocenters. The number of Topliss-reactive ketones (excluding diaryl/α,β-unsaturated/α-hetero) is 1. The Labute approximate surface area is 211 Å². The summed E-state index contributed by atoms with van der Waals surface area (Å²) in [6, 6.07) is 11.1. The summed E-state index contributed by atoms with van der Waals surface area (Å²) in [4.78, 5) is 42.7. The molecule has 1 aromatic carbocycles. The van der Waals surface area contributed by atoms with E-state index in [2.05, 4.69) is 19.2 Å². The van der Waals surface area contributed by atoms with E-state index in [1.54, 1.807) is 4.90 Å². The van der Waals surface area contributed by atoms with Crippen LogP contribution < -0.4 is 16.0 Å². The van der Waals surface area contributed by atoms with Gasteiger partial charge in [0.1, 0.15) is 17.6 Å². The maximum absolute atomic E-state index is 13.7. The molecule has 1 aromatic heterocycles. The third-order valence-corrected chi connectivity index (χ3v) is 7.59. The molecule has 3 aliphatic rings. The third-order valence-electron chi connectivity index (χ3n) is 7.59. The molecule has 5 rings (SSSR count). The van der Waals surface area contributed by atoms with Crippen LogP contribution in [-0.2, 0) is 14.4 Å². The molecule has 0 spiro atoms. The molecule has 1 atom stereocenters. The molecule has 190 valence electrons. The molecule has 2 aliphatic heterocycles. The second kappa shape index (κ2) is 9.15. The van der Waals surface area contributed by atoms with Gasteiger partial charge in [-0.1, -0.05) is 26.0 Å². The van der Waals surface area contributed by atoms with Crippen molar-refractivity contribution in [2.75, 3.05) is 29.9 Å². The molecule has 2 amide bonds. The van der Waals surface area contributed by atoms with E-state index in [0.717, 1.165) is 29.3 Å². The Balaban J connectivity index is 1.56. The second-order valence-corrected chi connectivity index (χ2v) is 11.0. The molecule has 36 heavy (non-hydrogen) atoms. The fourth-order valence-electron chi connectivity index (χ4n) is 5.78. The number of furan rings is 1. The monoisotopic (exact) mass is 490 g/mol. The smallest absolute Gasteiger partial charge is 0.242 e. The quantitative estimate of drug-likeness (QED) is 0.672. The SMILES string of the molecule is Cc1ccc(C2C3=C(CC(C)(C)CC3=O)Nc3ccccc3N2CC(=O)N2CCC(C(N)=O)CC2)o1. The summed E-state index contributed by atoms with van der Waals surface area (Å²) in [5.74, 6) is 0.926. The molecule has 0 radical (unpaired) electrons. The second-order valence-electron chi connectivity index (χ2n) is 11.0. The lowest BCUT2D eigenvalue weighted by Crippen LogP contribution is -2.47. The Kier molecular flexibility index (Phi) is 6.14. The van der Waals surface area contributed by atoms with Crippen LogP contribution in [0.3, 0.4) is 0 Å². The standard InChI is InChI=1S/C28H34N4O4/c1-17-8-9-23(36-17)26-25-20(14-28(2,3)15-22(25)33)30-19-6-4-5-7-21(19)32(26)16-24(34)31-12-10-18(11-13-31)27(29)35/h4-9,18,26,30H,10-16H2,1-3H3,(H2,29,35). The number of piperidine rings is 1. The highest BCUT2D eigenvalue weighted by Crippen LogP contribution is 2.48. The number of rotatable bonds is 4. The number of amides is 2. The normalized spacial score (nSPS) is 22.0. The number of hydrogen-bond donors (Lipinski definition) is 2. The molecular formula is C28H34N4O4. The number of ketones is 1. The summed E-state index contributed by atoms with van der Waals surface area (Å²) in [6.45, 7) is 7.16. The number of carbonyl (C=O) groups is 3. The third kappa shape index (κ3) is 4.52. The van der Waals surface area contributed by atoms with Crippen LogP contribution in [0.1, 0.15) is 57.1 Å². The summed E-state index contributed by atoms with van der Waals surface area (Å²) < 4.78 is 6.11. The number of nitrogens with zero attached hydrogens (tertiary/aromatic N) is 2. The van der Waals surface area contributed by atoms with Gasteiger partial charge in [0.05, 0.1) is 17.9 Å². The number of anilines is 2. The van der Waals surface area contributed by atoms with Crippen LogP contribution in [0.2, 0.25) is 0 Å². The van der Waals surface area contributed by atoms with Gasteiger partial charge >= 0.3 is 0 Å². The summed E-state index contributed by atoms with van der Waals surface area (Å²) in [6.07, 6.45) is 2.30. The van der Waals surface area contributed by atoms with Gasteiger partial charge in [-0.25, -0.2) is 0 Å². The van der Waals surface area contributed by atoms with E-state index in [9.17, 15) is 14.4 Å². The number of hydrogen-bond acceptors (Lipinski definition) is 6. The Hall–Kier alpha value is -3.55. The summed E-state index contributed by atoms with van der Waals surface area (Å²) in [5, 5.41) is 3.55. The van der Waals surface area contributed by atoms with Crippen molar-refractivity contribution < 1.29 is 18.8 Å². The van der Waals surface area contributed by atoms with E-state index >= 15 is 0 Å². The van der Waals surface area contributed by atoms with E-state index in [-0.39, 0.29) is 35.5 Å². The molecule has 1 fully saturated rings. The maximum Gasteiger partial charge on any atom is 0.242 e. The van der Waals surface area contributed by atoms with Crippen molar-refractivity contribution in [2.24, 2.45) is 17.1 Å². The first-order valence-electron chi connectivity index (χ1n) is 12.7. The Morgan fingerprint density at radius 1 is 1.11 bits per heavy atom. The van der Waals surface area contributed by atoms with Crippen molar-refractivity contribution in [3.63, 3.8) is 0 Å². The fraction of sp³-hybridized carbons (Fsp3) is 0.464. The van der Waals surface area contributed by atoms with Crippen molar-refractivity contribution in [3.05, 3.63) is 59.2 Å². The van der Waals surface area contributed by atoms with Crippen LogP contribution in [-0.4, -0.2) is 42.1 Å². The molecule has 8 nitrogen and oxygen atoms in total. The van der Waals surface area contributed by atoms with Crippen molar-refractivity contribution in [2.45, 2.75) is 52.5 Å². The predicted octanol–water partition coefficient (Wildman–Crippen LogP) is 3.93. The lowest BCUT2D eigenvalue weighted by Gasteiger charge is -2.38. The van der Waals surface area contributed by atoms with E-state index in [1.165, 1.54) is 0 Å². The molecule has 8 heteroatoms. The summed E-state index contributed by atoms with van der Waals surface area (Å²) in [7, 11) is 0. The largest absolute Gasteiger partial charge is 0.464 e. The Morgan fingerprint density at radius 3 is 2.50 bits per heavy atom. The zero-order valence-electron chi connectivity index (χ0n) is 21.2. The van der Waals surface area contributed by atoms with Gasteiger partial charge in [0, 0.05) is 36.7 Å². The van der Waals surface area contributed by atoms with E-state index < -0.39 is 6.04 Å². The van der Waals surface area contributed by atoms with Gasteiger partial charge in [-0.05, 0) is 55.9 Å². The number of nitrogens with one attached hydrogen (secondary N) is 1. The molecule has 0 bridgehead atoms. The lowest BCUT2D eigenvalue weighted by atomic mass is 9.74. The van der Waals surface area contributed by atoms with Gasteiger partial charge in [0.25, 0.3) is 0 Å². The van der Waals surface area contributed by atoms with Crippen LogP contribution in [0.15, 0.2) is 52.1 Å².